The van der Waals surface area contributed by atoms with E-state index >= 15 is 0 Å². The maximum atomic E-state index is 11.9. The smallest absolute Gasteiger partial charge is 0.165 e. The second-order valence-corrected chi connectivity index (χ2v) is 3.85. The van der Waals surface area contributed by atoms with E-state index in [2.05, 4.69) is 0 Å². The summed E-state index contributed by atoms with van der Waals surface area (Å²) >= 11 is 0. The fraction of sp³-hybridized carbons (Fsp3) is 0.462. The number of carbonyl (C=O) groups excluding carboxylic acids is 1. The molecule has 0 aromatic heterocycles. The SMILES string of the molecule is COc1ccc(C(=O)CC(C)OC)c(C)c1. The van der Waals surface area contributed by atoms with Crippen molar-refractivity contribution >= 4 is 5.78 Å². The Balaban J connectivity index is 2.84. The molecule has 0 radical (unpaired) electrons. The number of rotatable bonds is 5. The monoisotopic (exact) mass is 222 g/mol. The van der Waals surface area contributed by atoms with Crippen LogP contribution in [0.25, 0.3) is 0 Å². The minimum Gasteiger partial charge on any atom is -0.497 e. The largest absolute Gasteiger partial charge is 0.497 e. The van der Waals surface area contributed by atoms with Crippen LogP contribution in [-0.2, 0) is 4.74 Å². The number of hydrogen-bond acceptors (Lipinski definition) is 3. The van der Waals surface area contributed by atoms with Crippen molar-refractivity contribution in [2.75, 3.05) is 14.2 Å². The fourth-order valence-electron chi connectivity index (χ4n) is 1.53. The van der Waals surface area contributed by atoms with E-state index in [0.29, 0.717) is 6.42 Å². The predicted molar refractivity (Wildman–Crippen MR) is 63.1 cm³/mol. The molecule has 1 unspecified atom stereocenters. The Kier molecular flexibility index (Phi) is 4.50. The van der Waals surface area contributed by atoms with E-state index in [1.807, 2.05) is 19.9 Å². The highest BCUT2D eigenvalue weighted by atomic mass is 16.5. The first-order chi connectivity index (χ1) is 7.58. The molecule has 0 fully saturated rings. The zero-order valence-electron chi connectivity index (χ0n) is 10.2. The van der Waals surface area contributed by atoms with Gasteiger partial charge in [0.2, 0.25) is 0 Å². The second kappa shape index (κ2) is 5.66. The average molecular weight is 222 g/mol. The van der Waals surface area contributed by atoms with Crippen LogP contribution in [0.5, 0.6) is 5.75 Å². The van der Waals surface area contributed by atoms with Crippen LogP contribution in [-0.4, -0.2) is 26.1 Å². The van der Waals surface area contributed by atoms with Crippen molar-refractivity contribution in [3.8, 4) is 5.75 Å². The first kappa shape index (κ1) is 12.7. The van der Waals surface area contributed by atoms with E-state index in [1.165, 1.54) is 0 Å². The van der Waals surface area contributed by atoms with Crippen molar-refractivity contribution in [1.82, 2.24) is 0 Å². The van der Waals surface area contributed by atoms with Crippen molar-refractivity contribution in [3.63, 3.8) is 0 Å². The Hall–Kier alpha value is -1.35. The summed E-state index contributed by atoms with van der Waals surface area (Å²) < 4.78 is 10.2. The number of ketones is 1. The van der Waals surface area contributed by atoms with Crippen LogP contribution in [0.1, 0.15) is 29.3 Å². The lowest BCUT2D eigenvalue weighted by Crippen LogP contribution is -2.13. The summed E-state index contributed by atoms with van der Waals surface area (Å²) in [5, 5.41) is 0. The molecule has 0 spiro atoms. The number of Topliss-reactive ketones (excluding diaryl/α,β-unsaturated/α-hetero) is 1. The van der Waals surface area contributed by atoms with E-state index in [4.69, 9.17) is 9.47 Å². The third-order valence-corrected chi connectivity index (χ3v) is 2.61. The first-order valence-corrected chi connectivity index (χ1v) is 5.29. The van der Waals surface area contributed by atoms with Crippen molar-refractivity contribution in [3.05, 3.63) is 29.3 Å². The first-order valence-electron chi connectivity index (χ1n) is 5.29. The van der Waals surface area contributed by atoms with Gasteiger partial charge in [-0.2, -0.15) is 0 Å². The third kappa shape index (κ3) is 3.07. The van der Waals surface area contributed by atoms with Gasteiger partial charge in [-0.05, 0) is 37.6 Å². The molecule has 1 rings (SSSR count). The molecule has 0 saturated heterocycles. The van der Waals surface area contributed by atoms with Gasteiger partial charge in [-0.1, -0.05) is 0 Å². The maximum Gasteiger partial charge on any atom is 0.165 e. The van der Waals surface area contributed by atoms with Gasteiger partial charge in [0.25, 0.3) is 0 Å². The van der Waals surface area contributed by atoms with E-state index in [0.717, 1.165) is 16.9 Å². The topological polar surface area (TPSA) is 35.5 Å². The lowest BCUT2D eigenvalue weighted by atomic mass is 10.0. The quantitative estimate of drug-likeness (QED) is 0.718. The normalized spacial score (nSPS) is 12.2. The van der Waals surface area contributed by atoms with E-state index in [1.54, 1.807) is 26.4 Å². The summed E-state index contributed by atoms with van der Waals surface area (Å²) in [6.45, 7) is 3.80. The Labute approximate surface area is 96.4 Å². The molecule has 0 N–H and O–H groups in total. The summed E-state index contributed by atoms with van der Waals surface area (Å²) in [6, 6.07) is 5.47. The molecule has 0 heterocycles. The molecule has 88 valence electrons. The molecule has 0 aliphatic rings. The van der Waals surface area contributed by atoms with Crippen LogP contribution in [0.15, 0.2) is 18.2 Å². The molecule has 1 aromatic rings. The van der Waals surface area contributed by atoms with Crippen molar-refractivity contribution in [2.45, 2.75) is 26.4 Å². The molecule has 0 amide bonds. The van der Waals surface area contributed by atoms with Gasteiger partial charge in [0.15, 0.2) is 5.78 Å². The highest BCUT2D eigenvalue weighted by Crippen LogP contribution is 2.18. The van der Waals surface area contributed by atoms with Crippen LogP contribution in [0.3, 0.4) is 0 Å². The van der Waals surface area contributed by atoms with Crippen molar-refractivity contribution in [2.24, 2.45) is 0 Å². The molecule has 1 aromatic carbocycles. The van der Waals surface area contributed by atoms with Crippen molar-refractivity contribution in [1.29, 1.82) is 0 Å². The summed E-state index contributed by atoms with van der Waals surface area (Å²) in [4.78, 5) is 11.9. The number of hydrogen-bond donors (Lipinski definition) is 0. The third-order valence-electron chi connectivity index (χ3n) is 2.61. The Bertz CT molecular complexity index is 371. The zero-order valence-corrected chi connectivity index (χ0v) is 10.2. The Morgan fingerprint density at radius 1 is 1.38 bits per heavy atom. The number of carbonyl (C=O) groups is 1. The van der Waals surface area contributed by atoms with E-state index in [9.17, 15) is 4.79 Å². The lowest BCUT2D eigenvalue weighted by Gasteiger charge is -2.10. The van der Waals surface area contributed by atoms with Crippen LogP contribution < -0.4 is 4.74 Å². The molecule has 0 saturated carbocycles. The van der Waals surface area contributed by atoms with E-state index in [-0.39, 0.29) is 11.9 Å². The van der Waals surface area contributed by atoms with Gasteiger partial charge in [0, 0.05) is 19.1 Å². The molecule has 0 aliphatic heterocycles. The number of benzene rings is 1. The lowest BCUT2D eigenvalue weighted by molar-refractivity contribution is 0.0791. The summed E-state index contributed by atoms with van der Waals surface area (Å²) in [5.74, 6) is 0.878. The van der Waals surface area contributed by atoms with Crippen LogP contribution in [0.4, 0.5) is 0 Å². The molecule has 3 nitrogen and oxygen atoms in total. The highest BCUT2D eigenvalue weighted by molar-refractivity contribution is 5.97. The minimum absolute atomic E-state index is 0.0472. The number of aryl methyl sites for hydroxylation is 1. The average Bonchev–Trinajstić information content (AvgIpc) is 2.28. The molecule has 16 heavy (non-hydrogen) atoms. The number of ether oxygens (including phenoxy) is 2. The maximum absolute atomic E-state index is 11.9. The van der Waals surface area contributed by atoms with Crippen LogP contribution in [0, 0.1) is 6.92 Å². The molecular weight excluding hydrogens is 204 g/mol. The van der Waals surface area contributed by atoms with Gasteiger partial charge in [-0.25, -0.2) is 0 Å². The fourth-order valence-corrected chi connectivity index (χ4v) is 1.53. The van der Waals surface area contributed by atoms with Crippen molar-refractivity contribution < 1.29 is 14.3 Å². The Morgan fingerprint density at radius 3 is 2.56 bits per heavy atom. The minimum atomic E-state index is -0.0472. The zero-order chi connectivity index (χ0) is 12.1. The summed E-state index contributed by atoms with van der Waals surface area (Å²) in [5.41, 5.74) is 1.68. The molecule has 1 atom stereocenters. The summed E-state index contributed by atoms with van der Waals surface area (Å²) in [7, 11) is 3.22. The molecular formula is C13H18O3. The van der Waals surface area contributed by atoms with Crippen LogP contribution in [0.2, 0.25) is 0 Å². The molecule has 0 bridgehead atoms. The van der Waals surface area contributed by atoms with Gasteiger partial charge < -0.3 is 9.47 Å². The second-order valence-electron chi connectivity index (χ2n) is 3.85. The van der Waals surface area contributed by atoms with Gasteiger partial charge in [0.1, 0.15) is 5.75 Å². The van der Waals surface area contributed by atoms with Gasteiger partial charge >= 0.3 is 0 Å². The number of methoxy groups -OCH3 is 2. The molecule has 0 aliphatic carbocycles. The highest BCUT2D eigenvalue weighted by Gasteiger charge is 2.13. The van der Waals surface area contributed by atoms with E-state index < -0.39 is 0 Å². The summed E-state index contributed by atoms with van der Waals surface area (Å²) in [6.07, 6.45) is 0.359. The van der Waals surface area contributed by atoms with Crippen LogP contribution >= 0.6 is 0 Å². The predicted octanol–water partition coefficient (Wildman–Crippen LogP) is 2.61. The van der Waals surface area contributed by atoms with Gasteiger partial charge in [-0.3, -0.25) is 4.79 Å². The van der Waals surface area contributed by atoms with Gasteiger partial charge in [-0.15, -0.1) is 0 Å². The standard InChI is InChI=1S/C13H18O3/c1-9-7-11(16-4)5-6-12(9)13(14)8-10(2)15-3/h5-7,10H,8H2,1-4H3. The Morgan fingerprint density at radius 2 is 2.06 bits per heavy atom. The van der Waals surface area contributed by atoms with Gasteiger partial charge in [0.05, 0.1) is 13.2 Å². The molecule has 3 heteroatoms.